The summed E-state index contributed by atoms with van der Waals surface area (Å²) in [4.78, 5) is 25.4. The summed E-state index contributed by atoms with van der Waals surface area (Å²) in [5, 5.41) is 15.6. The fourth-order valence-corrected chi connectivity index (χ4v) is 4.10. The molecule has 0 aliphatic carbocycles. The monoisotopic (exact) mass is 404 g/mol. The van der Waals surface area contributed by atoms with Gasteiger partial charge in [0.05, 0.1) is 10.4 Å². The zero-order valence-corrected chi connectivity index (χ0v) is 16.9. The van der Waals surface area contributed by atoms with Crippen LogP contribution < -0.4 is 0 Å². The Morgan fingerprint density at radius 2 is 2.03 bits per heavy atom. The lowest BCUT2D eigenvalue weighted by Gasteiger charge is -2.34. The quantitative estimate of drug-likeness (QED) is 0.350. The van der Waals surface area contributed by atoms with Crippen molar-refractivity contribution in [3.63, 3.8) is 0 Å². The van der Waals surface area contributed by atoms with Gasteiger partial charge in [-0.25, -0.2) is 4.52 Å². The average molecular weight is 404 g/mol. The number of hydrogen-bond donors (Lipinski definition) is 0. The number of nitrogens with zero attached hydrogens (tertiary/aromatic N) is 4. The molecule has 0 bridgehead atoms. The zero-order chi connectivity index (χ0) is 21.1. The minimum Gasteiger partial charge on any atom is -0.336 e. The second-order valence-electron chi connectivity index (χ2n) is 7.52. The van der Waals surface area contributed by atoms with Crippen molar-refractivity contribution in [2.24, 2.45) is 0 Å². The highest BCUT2D eigenvalue weighted by Gasteiger charge is 2.24. The van der Waals surface area contributed by atoms with E-state index in [0.29, 0.717) is 11.7 Å². The van der Waals surface area contributed by atoms with Crippen molar-refractivity contribution in [1.29, 1.82) is 0 Å². The van der Waals surface area contributed by atoms with Gasteiger partial charge in [0.2, 0.25) is 5.91 Å². The SMILES string of the molecule is CCC1CCCCN1C(=O)/C=C/c1c(-c2ccc([N+](=O)[O-])cc2)nn2ccccc12. The van der Waals surface area contributed by atoms with E-state index in [4.69, 9.17) is 0 Å². The predicted molar refractivity (Wildman–Crippen MR) is 116 cm³/mol. The van der Waals surface area contributed by atoms with E-state index in [1.807, 2.05) is 35.4 Å². The maximum Gasteiger partial charge on any atom is 0.269 e. The van der Waals surface area contributed by atoms with Crippen LogP contribution in [0.25, 0.3) is 22.9 Å². The molecule has 154 valence electrons. The number of likely N-dealkylation sites (tertiary alicyclic amines) is 1. The van der Waals surface area contributed by atoms with Crippen molar-refractivity contribution in [3.05, 3.63) is 70.4 Å². The van der Waals surface area contributed by atoms with E-state index >= 15 is 0 Å². The molecule has 1 atom stereocenters. The number of fused-ring (bicyclic) bond motifs is 1. The summed E-state index contributed by atoms with van der Waals surface area (Å²) < 4.78 is 1.76. The molecule has 3 aromatic rings. The molecule has 1 aromatic carbocycles. The largest absolute Gasteiger partial charge is 0.336 e. The molecular weight excluding hydrogens is 380 g/mol. The van der Waals surface area contributed by atoms with Crippen molar-refractivity contribution >= 4 is 23.2 Å². The Balaban J connectivity index is 1.70. The summed E-state index contributed by atoms with van der Waals surface area (Å²) in [6, 6.07) is 12.4. The Kier molecular flexibility index (Phi) is 5.61. The first-order chi connectivity index (χ1) is 14.6. The average Bonchev–Trinajstić information content (AvgIpc) is 3.16. The number of carbonyl (C=O) groups is 1. The van der Waals surface area contributed by atoms with Gasteiger partial charge in [-0.3, -0.25) is 14.9 Å². The fraction of sp³-hybridized carbons (Fsp3) is 0.304. The number of aromatic nitrogens is 2. The highest BCUT2D eigenvalue weighted by Crippen LogP contribution is 2.29. The number of carbonyl (C=O) groups excluding carboxylic acids is 1. The van der Waals surface area contributed by atoms with Crippen LogP contribution in [-0.4, -0.2) is 37.9 Å². The first kappa shape index (κ1) is 19.8. The first-order valence-corrected chi connectivity index (χ1v) is 10.3. The predicted octanol–water partition coefficient (Wildman–Crippen LogP) is 4.71. The lowest BCUT2D eigenvalue weighted by atomic mass is 9.99. The number of amides is 1. The van der Waals surface area contributed by atoms with Crippen LogP contribution in [-0.2, 0) is 4.79 Å². The number of hydrogen-bond acceptors (Lipinski definition) is 4. The van der Waals surface area contributed by atoms with Crippen molar-refractivity contribution in [3.8, 4) is 11.3 Å². The van der Waals surface area contributed by atoms with Crippen LogP contribution in [0, 0.1) is 10.1 Å². The van der Waals surface area contributed by atoms with E-state index < -0.39 is 4.92 Å². The Morgan fingerprint density at radius 1 is 1.23 bits per heavy atom. The molecular formula is C23H24N4O3. The summed E-state index contributed by atoms with van der Waals surface area (Å²) >= 11 is 0. The third-order valence-corrected chi connectivity index (χ3v) is 5.70. The molecule has 3 heterocycles. The molecule has 7 nitrogen and oxygen atoms in total. The fourth-order valence-electron chi connectivity index (χ4n) is 4.10. The van der Waals surface area contributed by atoms with E-state index in [-0.39, 0.29) is 11.6 Å². The van der Waals surface area contributed by atoms with Gasteiger partial charge in [-0.15, -0.1) is 0 Å². The lowest BCUT2D eigenvalue weighted by molar-refractivity contribution is -0.384. The molecule has 0 radical (unpaired) electrons. The molecule has 1 amide bonds. The lowest BCUT2D eigenvalue weighted by Crippen LogP contribution is -2.42. The summed E-state index contributed by atoms with van der Waals surface area (Å²) in [6.45, 7) is 2.92. The molecule has 30 heavy (non-hydrogen) atoms. The molecule has 1 aliphatic heterocycles. The molecule has 7 heteroatoms. The van der Waals surface area contributed by atoms with E-state index in [1.54, 1.807) is 22.7 Å². The normalized spacial score (nSPS) is 17.0. The van der Waals surface area contributed by atoms with Crippen LogP contribution in [0.2, 0.25) is 0 Å². The molecule has 1 fully saturated rings. The molecule has 1 saturated heterocycles. The van der Waals surface area contributed by atoms with Crippen molar-refractivity contribution in [2.45, 2.75) is 38.6 Å². The van der Waals surface area contributed by atoms with Crippen LogP contribution in [0.5, 0.6) is 0 Å². The van der Waals surface area contributed by atoms with E-state index in [0.717, 1.165) is 42.5 Å². The molecule has 1 unspecified atom stereocenters. The van der Waals surface area contributed by atoms with Crippen LogP contribution >= 0.6 is 0 Å². The van der Waals surface area contributed by atoms with E-state index in [1.165, 1.54) is 18.6 Å². The standard InChI is InChI=1S/C23H24N4O3/c1-2-18-7-3-5-15-25(18)22(28)14-13-20-21-8-4-6-16-26(21)24-23(20)17-9-11-19(12-10-17)27(29)30/h4,6,8-14,16,18H,2-3,5,7,15H2,1H3/b14-13+. The molecule has 0 N–H and O–H groups in total. The van der Waals surface area contributed by atoms with Gasteiger partial charge in [0, 0.05) is 48.1 Å². The number of non-ortho nitro benzene ring substituents is 1. The zero-order valence-electron chi connectivity index (χ0n) is 16.9. The Labute approximate surface area is 174 Å². The van der Waals surface area contributed by atoms with Crippen LogP contribution in [0.15, 0.2) is 54.7 Å². The van der Waals surface area contributed by atoms with Gasteiger partial charge < -0.3 is 4.90 Å². The van der Waals surface area contributed by atoms with Gasteiger partial charge in [0.25, 0.3) is 5.69 Å². The summed E-state index contributed by atoms with van der Waals surface area (Å²) in [5.41, 5.74) is 3.18. The van der Waals surface area contributed by atoms with Crippen molar-refractivity contribution < 1.29 is 9.72 Å². The minimum atomic E-state index is -0.421. The van der Waals surface area contributed by atoms with Crippen molar-refractivity contribution in [1.82, 2.24) is 14.5 Å². The number of nitro groups is 1. The van der Waals surface area contributed by atoms with Gasteiger partial charge in [-0.1, -0.05) is 13.0 Å². The number of pyridine rings is 1. The summed E-state index contributed by atoms with van der Waals surface area (Å²) in [7, 11) is 0. The van der Waals surface area contributed by atoms with Gasteiger partial charge in [0.1, 0.15) is 5.69 Å². The third-order valence-electron chi connectivity index (χ3n) is 5.70. The number of nitro benzene ring substituents is 1. The van der Waals surface area contributed by atoms with Crippen LogP contribution in [0.3, 0.4) is 0 Å². The van der Waals surface area contributed by atoms with E-state index in [9.17, 15) is 14.9 Å². The van der Waals surface area contributed by atoms with Crippen LogP contribution in [0.1, 0.15) is 38.2 Å². The molecule has 2 aromatic heterocycles. The second-order valence-corrected chi connectivity index (χ2v) is 7.52. The van der Waals surface area contributed by atoms with Crippen LogP contribution in [0.4, 0.5) is 5.69 Å². The Hall–Kier alpha value is -3.48. The summed E-state index contributed by atoms with van der Waals surface area (Å²) in [5.74, 6) is 0.0199. The summed E-state index contributed by atoms with van der Waals surface area (Å²) in [6.07, 6.45) is 9.53. The van der Waals surface area contributed by atoms with Gasteiger partial charge in [0.15, 0.2) is 0 Å². The smallest absolute Gasteiger partial charge is 0.269 e. The molecule has 0 spiro atoms. The number of rotatable bonds is 5. The van der Waals surface area contributed by atoms with Crippen molar-refractivity contribution in [2.75, 3.05) is 6.54 Å². The Morgan fingerprint density at radius 3 is 2.77 bits per heavy atom. The Bertz CT molecular complexity index is 1100. The second kappa shape index (κ2) is 8.49. The molecule has 1 aliphatic rings. The van der Waals surface area contributed by atoms with Gasteiger partial charge in [-0.2, -0.15) is 5.10 Å². The van der Waals surface area contributed by atoms with Gasteiger partial charge >= 0.3 is 0 Å². The number of piperidine rings is 1. The minimum absolute atomic E-state index is 0.0199. The van der Waals surface area contributed by atoms with E-state index in [2.05, 4.69) is 12.0 Å². The highest BCUT2D eigenvalue weighted by atomic mass is 16.6. The van der Waals surface area contributed by atoms with Gasteiger partial charge in [-0.05, 0) is 56.0 Å². The number of benzene rings is 1. The molecule has 4 rings (SSSR count). The maximum absolute atomic E-state index is 12.9. The maximum atomic E-state index is 12.9. The highest BCUT2D eigenvalue weighted by molar-refractivity contribution is 5.95. The molecule has 0 saturated carbocycles. The first-order valence-electron chi connectivity index (χ1n) is 10.3. The third kappa shape index (κ3) is 3.83. The topological polar surface area (TPSA) is 80.8 Å².